The summed E-state index contributed by atoms with van der Waals surface area (Å²) < 4.78 is 35.1. The van der Waals surface area contributed by atoms with Gasteiger partial charge in [-0.2, -0.15) is 0 Å². The number of benzene rings is 2. The van der Waals surface area contributed by atoms with E-state index in [1.54, 1.807) is 18.2 Å². The fraction of sp³-hybridized carbons (Fsp3) is 0.188. The summed E-state index contributed by atoms with van der Waals surface area (Å²) in [5, 5.41) is 2.81. The summed E-state index contributed by atoms with van der Waals surface area (Å²) in [4.78, 5) is 12.4. The Morgan fingerprint density at radius 2 is 1.76 bits per heavy atom. The maximum atomic E-state index is 12.4. The van der Waals surface area contributed by atoms with Gasteiger partial charge in [0.2, 0.25) is 10.0 Å². The Kier molecular flexibility index (Phi) is 5.76. The number of rotatable bonds is 6. The minimum Gasteiger partial charge on any atom is -0.497 e. The van der Waals surface area contributed by atoms with Crippen molar-refractivity contribution in [2.45, 2.75) is 0 Å². The Bertz CT molecular complexity index is 899. The highest BCUT2D eigenvalue weighted by molar-refractivity contribution is 7.92. The highest BCUT2D eigenvalue weighted by Crippen LogP contribution is 2.30. The molecule has 0 unspecified atom stereocenters. The SMILES string of the molecule is COc1ccc(OC)c(NC(=O)c2ccc(NS(C)(=O)=O)c(Cl)c2)c1. The smallest absolute Gasteiger partial charge is 0.255 e. The molecule has 0 aliphatic heterocycles. The van der Waals surface area contributed by atoms with E-state index in [0.717, 1.165) is 6.26 Å². The number of halogens is 1. The van der Waals surface area contributed by atoms with Gasteiger partial charge in [-0.05, 0) is 30.3 Å². The fourth-order valence-corrected chi connectivity index (χ4v) is 2.91. The van der Waals surface area contributed by atoms with Gasteiger partial charge in [-0.15, -0.1) is 0 Å². The number of amides is 1. The molecule has 9 heteroatoms. The van der Waals surface area contributed by atoms with Crippen LogP contribution >= 0.6 is 11.6 Å². The van der Waals surface area contributed by atoms with Gasteiger partial charge >= 0.3 is 0 Å². The Morgan fingerprint density at radius 3 is 2.32 bits per heavy atom. The Hall–Kier alpha value is -2.45. The zero-order chi connectivity index (χ0) is 18.6. The first-order chi connectivity index (χ1) is 11.7. The highest BCUT2D eigenvalue weighted by atomic mass is 35.5. The van der Waals surface area contributed by atoms with Crippen molar-refractivity contribution in [3.8, 4) is 11.5 Å². The maximum absolute atomic E-state index is 12.4. The molecule has 134 valence electrons. The minimum atomic E-state index is -3.46. The predicted molar refractivity (Wildman–Crippen MR) is 97.4 cm³/mol. The van der Waals surface area contributed by atoms with Crippen molar-refractivity contribution < 1.29 is 22.7 Å². The summed E-state index contributed by atoms with van der Waals surface area (Å²) in [5.41, 5.74) is 0.884. The molecule has 0 heterocycles. The van der Waals surface area contributed by atoms with Crippen LogP contribution in [0.1, 0.15) is 10.4 Å². The molecule has 0 aliphatic carbocycles. The van der Waals surface area contributed by atoms with E-state index in [1.807, 2.05) is 0 Å². The number of hydrogen-bond acceptors (Lipinski definition) is 5. The van der Waals surface area contributed by atoms with E-state index in [4.69, 9.17) is 21.1 Å². The predicted octanol–water partition coefficient (Wildman–Crippen LogP) is 2.98. The van der Waals surface area contributed by atoms with Crippen molar-refractivity contribution >= 4 is 38.9 Å². The van der Waals surface area contributed by atoms with E-state index in [2.05, 4.69) is 10.0 Å². The van der Waals surface area contributed by atoms with Gasteiger partial charge in [0.1, 0.15) is 11.5 Å². The lowest BCUT2D eigenvalue weighted by atomic mass is 10.2. The largest absolute Gasteiger partial charge is 0.497 e. The fourth-order valence-electron chi connectivity index (χ4n) is 2.05. The zero-order valence-electron chi connectivity index (χ0n) is 13.8. The number of methoxy groups -OCH3 is 2. The van der Waals surface area contributed by atoms with Gasteiger partial charge in [0, 0.05) is 11.6 Å². The summed E-state index contributed by atoms with van der Waals surface area (Å²) >= 11 is 6.04. The van der Waals surface area contributed by atoms with Gasteiger partial charge in [-0.25, -0.2) is 8.42 Å². The lowest BCUT2D eigenvalue weighted by Crippen LogP contribution is -2.14. The zero-order valence-corrected chi connectivity index (χ0v) is 15.4. The van der Waals surface area contributed by atoms with E-state index >= 15 is 0 Å². The number of carbonyl (C=O) groups is 1. The van der Waals surface area contributed by atoms with E-state index < -0.39 is 15.9 Å². The van der Waals surface area contributed by atoms with E-state index in [0.29, 0.717) is 17.2 Å². The first kappa shape index (κ1) is 18.9. The number of sulfonamides is 1. The number of nitrogens with one attached hydrogen (secondary N) is 2. The third-order valence-corrected chi connectivity index (χ3v) is 4.08. The number of ether oxygens (including phenoxy) is 2. The standard InChI is InChI=1S/C16H17ClN2O5S/c1-23-11-5-7-15(24-2)14(9-11)18-16(20)10-4-6-13(12(17)8-10)19-25(3,21)22/h4-9,19H,1-3H3,(H,18,20). The van der Waals surface area contributed by atoms with Crippen LogP contribution in [0.2, 0.25) is 5.02 Å². The topological polar surface area (TPSA) is 93.7 Å². The molecule has 2 aromatic carbocycles. The molecule has 0 aliphatic rings. The minimum absolute atomic E-state index is 0.107. The Morgan fingerprint density at radius 1 is 1.04 bits per heavy atom. The van der Waals surface area contributed by atoms with Gasteiger partial charge in [0.25, 0.3) is 5.91 Å². The summed E-state index contributed by atoms with van der Waals surface area (Å²) in [7, 11) is -0.463. The van der Waals surface area contributed by atoms with Crippen LogP contribution in [0.4, 0.5) is 11.4 Å². The van der Waals surface area contributed by atoms with Crippen molar-refractivity contribution in [1.29, 1.82) is 0 Å². The average molecular weight is 385 g/mol. The van der Waals surface area contributed by atoms with Crippen molar-refractivity contribution in [1.82, 2.24) is 0 Å². The molecule has 0 atom stereocenters. The lowest BCUT2D eigenvalue weighted by Gasteiger charge is -2.12. The number of hydrogen-bond donors (Lipinski definition) is 2. The van der Waals surface area contributed by atoms with Gasteiger partial charge in [0.15, 0.2) is 0 Å². The molecule has 2 aromatic rings. The normalized spacial score (nSPS) is 10.9. The first-order valence-electron chi connectivity index (χ1n) is 7.04. The van der Waals surface area contributed by atoms with Crippen LogP contribution < -0.4 is 19.5 Å². The molecule has 0 bridgehead atoms. The molecular weight excluding hydrogens is 368 g/mol. The van der Waals surface area contributed by atoms with Crippen molar-refractivity contribution in [3.63, 3.8) is 0 Å². The van der Waals surface area contributed by atoms with Crippen LogP contribution in [0, 0.1) is 0 Å². The quantitative estimate of drug-likeness (QED) is 0.798. The summed E-state index contributed by atoms with van der Waals surface area (Å²) in [5.74, 6) is 0.594. The number of carbonyl (C=O) groups excluding carboxylic acids is 1. The van der Waals surface area contributed by atoms with E-state index in [1.165, 1.54) is 32.4 Å². The van der Waals surface area contributed by atoms with Crippen LogP contribution in [0.5, 0.6) is 11.5 Å². The molecule has 1 amide bonds. The van der Waals surface area contributed by atoms with Crippen LogP contribution in [0.25, 0.3) is 0 Å². The van der Waals surface area contributed by atoms with E-state index in [-0.39, 0.29) is 16.3 Å². The second kappa shape index (κ2) is 7.62. The van der Waals surface area contributed by atoms with Gasteiger partial charge in [-0.1, -0.05) is 11.6 Å². The van der Waals surface area contributed by atoms with Crippen LogP contribution in [-0.2, 0) is 10.0 Å². The molecule has 7 nitrogen and oxygen atoms in total. The summed E-state index contributed by atoms with van der Waals surface area (Å²) in [6, 6.07) is 9.25. The maximum Gasteiger partial charge on any atom is 0.255 e. The third-order valence-electron chi connectivity index (χ3n) is 3.18. The second-order valence-electron chi connectivity index (χ2n) is 5.09. The lowest BCUT2D eigenvalue weighted by molar-refractivity contribution is 0.102. The molecule has 0 aromatic heterocycles. The van der Waals surface area contributed by atoms with Crippen LogP contribution in [0.15, 0.2) is 36.4 Å². The molecule has 0 spiro atoms. The molecule has 2 N–H and O–H groups in total. The monoisotopic (exact) mass is 384 g/mol. The third kappa shape index (κ3) is 5.01. The Labute approximate surface area is 151 Å². The van der Waals surface area contributed by atoms with Crippen LogP contribution in [-0.4, -0.2) is 34.8 Å². The molecular formula is C16H17ClN2O5S. The molecule has 25 heavy (non-hydrogen) atoms. The molecule has 0 radical (unpaired) electrons. The van der Waals surface area contributed by atoms with Crippen molar-refractivity contribution in [3.05, 3.63) is 47.0 Å². The molecule has 0 saturated carbocycles. The molecule has 0 saturated heterocycles. The molecule has 2 rings (SSSR count). The van der Waals surface area contributed by atoms with Crippen LogP contribution in [0.3, 0.4) is 0 Å². The summed E-state index contributed by atoms with van der Waals surface area (Å²) in [6.45, 7) is 0. The van der Waals surface area contributed by atoms with E-state index in [9.17, 15) is 13.2 Å². The summed E-state index contributed by atoms with van der Waals surface area (Å²) in [6.07, 6.45) is 1.01. The van der Waals surface area contributed by atoms with Gasteiger partial charge in [0.05, 0.1) is 36.9 Å². The molecule has 0 fully saturated rings. The average Bonchev–Trinajstić information content (AvgIpc) is 2.55. The van der Waals surface area contributed by atoms with Crippen molar-refractivity contribution in [2.24, 2.45) is 0 Å². The van der Waals surface area contributed by atoms with Crippen molar-refractivity contribution in [2.75, 3.05) is 30.5 Å². The number of anilines is 2. The first-order valence-corrected chi connectivity index (χ1v) is 9.31. The highest BCUT2D eigenvalue weighted by Gasteiger charge is 2.14. The van der Waals surface area contributed by atoms with Gasteiger partial charge in [-0.3, -0.25) is 9.52 Å². The Balaban J connectivity index is 2.26. The second-order valence-corrected chi connectivity index (χ2v) is 7.24. The van der Waals surface area contributed by atoms with Gasteiger partial charge < -0.3 is 14.8 Å².